The van der Waals surface area contributed by atoms with E-state index in [1.54, 1.807) is 0 Å². The van der Waals surface area contributed by atoms with Crippen LogP contribution >= 0.6 is 0 Å². The van der Waals surface area contributed by atoms with Gasteiger partial charge in [0.15, 0.2) is 11.2 Å². The summed E-state index contributed by atoms with van der Waals surface area (Å²) in [5.41, 5.74) is 7.00. The standard InChI is InChI=1S/C23H23FN4O3/c24-16-5-6-18-19(29)12-21(31-20(18)11-16)23(30)27-17-7-9-28(10-8-17)13-14-1-3-15(4-2-14)22(25)26/h1-6,11-12,17H,7-10,13H2,(H3,25,26)(H,27,30). The van der Waals surface area contributed by atoms with Crippen molar-refractivity contribution in [1.82, 2.24) is 10.2 Å². The Morgan fingerprint density at radius 1 is 1.16 bits per heavy atom. The Morgan fingerprint density at radius 3 is 2.55 bits per heavy atom. The number of amidine groups is 1. The number of nitrogens with zero attached hydrogens (tertiary/aromatic N) is 1. The van der Waals surface area contributed by atoms with E-state index in [0.29, 0.717) is 5.56 Å². The van der Waals surface area contributed by atoms with Crippen LogP contribution in [-0.4, -0.2) is 35.8 Å². The second kappa shape index (κ2) is 8.69. The van der Waals surface area contributed by atoms with Crippen molar-refractivity contribution in [3.63, 3.8) is 0 Å². The highest BCUT2D eigenvalue weighted by Gasteiger charge is 2.22. The average molecular weight is 422 g/mol. The van der Waals surface area contributed by atoms with Gasteiger partial charge in [-0.25, -0.2) is 4.39 Å². The van der Waals surface area contributed by atoms with Crippen molar-refractivity contribution < 1.29 is 13.6 Å². The Kier molecular flexibility index (Phi) is 5.81. The van der Waals surface area contributed by atoms with E-state index in [2.05, 4.69) is 10.2 Å². The number of hydrogen-bond acceptors (Lipinski definition) is 5. The molecule has 0 aliphatic carbocycles. The zero-order valence-corrected chi connectivity index (χ0v) is 16.9. The van der Waals surface area contributed by atoms with Crippen LogP contribution in [0.5, 0.6) is 0 Å². The second-order valence-electron chi connectivity index (χ2n) is 7.75. The molecule has 4 N–H and O–H groups in total. The quantitative estimate of drug-likeness (QED) is 0.432. The molecule has 2 heterocycles. The number of halogens is 1. The molecule has 1 aromatic heterocycles. The van der Waals surface area contributed by atoms with Crippen molar-refractivity contribution in [3.8, 4) is 0 Å². The van der Waals surface area contributed by atoms with Gasteiger partial charge in [-0.05, 0) is 30.5 Å². The molecule has 4 rings (SSSR count). The van der Waals surface area contributed by atoms with Crippen molar-refractivity contribution in [2.75, 3.05) is 13.1 Å². The monoisotopic (exact) mass is 422 g/mol. The molecule has 1 aliphatic heterocycles. The number of rotatable bonds is 5. The van der Waals surface area contributed by atoms with Crippen molar-refractivity contribution >= 4 is 22.7 Å². The van der Waals surface area contributed by atoms with Crippen LogP contribution in [0.1, 0.15) is 34.5 Å². The van der Waals surface area contributed by atoms with E-state index in [-0.39, 0.29) is 34.0 Å². The first-order chi connectivity index (χ1) is 14.9. The lowest BCUT2D eigenvalue weighted by atomic mass is 10.0. The van der Waals surface area contributed by atoms with Gasteiger partial charge < -0.3 is 15.5 Å². The molecule has 0 unspecified atom stereocenters. The SMILES string of the molecule is N=C(N)c1ccc(CN2CCC(NC(=O)c3cc(=O)c4ccc(F)cc4o3)CC2)cc1. The van der Waals surface area contributed by atoms with Crippen molar-refractivity contribution in [1.29, 1.82) is 5.41 Å². The van der Waals surface area contributed by atoms with E-state index < -0.39 is 11.7 Å². The third kappa shape index (κ3) is 4.80. The lowest BCUT2D eigenvalue weighted by Gasteiger charge is -2.32. The number of carbonyl (C=O) groups excluding carboxylic acids is 1. The molecular weight excluding hydrogens is 399 g/mol. The van der Waals surface area contributed by atoms with Crippen molar-refractivity contribution in [3.05, 3.63) is 81.5 Å². The van der Waals surface area contributed by atoms with Gasteiger partial charge in [-0.2, -0.15) is 0 Å². The summed E-state index contributed by atoms with van der Waals surface area (Å²) in [6.45, 7) is 2.41. The Bertz CT molecular complexity index is 1180. The molecule has 1 fully saturated rings. The molecule has 0 spiro atoms. The zero-order chi connectivity index (χ0) is 22.0. The lowest BCUT2D eigenvalue weighted by Crippen LogP contribution is -2.44. The molecular formula is C23H23FN4O3. The zero-order valence-electron chi connectivity index (χ0n) is 16.9. The summed E-state index contributed by atoms with van der Waals surface area (Å²) in [6.07, 6.45) is 1.54. The van der Waals surface area contributed by atoms with Crippen LogP contribution in [0.25, 0.3) is 11.0 Å². The fraction of sp³-hybridized carbons (Fsp3) is 0.261. The minimum Gasteiger partial charge on any atom is -0.451 e. The maximum atomic E-state index is 13.4. The minimum atomic E-state index is -0.531. The van der Waals surface area contributed by atoms with Gasteiger partial charge in [0.05, 0.1) is 5.39 Å². The molecule has 160 valence electrons. The molecule has 0 atom stereocenters. The first kappa shape index (κ1) is 20.7. The fourth-order valence-electron chi connectivity index (χ4n) is 3.78. The van der Waals surface area contributed by atoms with Gasteiger partial charge in [0.1, 0.15) is 17.2 Å². The number of piperidine rings is 1. The number of hydrogen-bond donors (Lipinski definition) is 3. The number of benzene rings is 2. The molecule has 8 heteroatoms. The minimum absolute atomic E-state index is 0.0302. The van der Waals surface area contributed by atoms with Crippen LogP contribution in [-0.2, 0) is 6.54 Å². The van der Waals surface area contributed by atoms with Crippen LogP contribution in [0.4, 0.5) is 4.39 Å². The van der Waals surface area contributed by atoms with Gasteiger partial charge >= 0.3 is 0 Å². The number of amides is 1. The second-order valence-corrected chi connectivity index (χ2v) is 7.75. The largest absolute Gasteiger partial charge is 0.451 e. The molecule has 0 saturated carbocycles. The number of fused-ring (bicyclic) bond motifs is 1. The van der Waals surface area contributed by atoms with E-state index in [0.717, 1.165) is 50.2 Å². The average Bonchev–Trinajstić information content (AvgIpc) is 2.75. The normalized spacial score (nSPS) is 15.1. The van der Waals surface area contributed by atoms with E-state index in [1.165, 1.54) is 12.1 Å². The summed E-state index contributed by atoms with van der Waals surface area (Å²) in [7, 11) is 0. The maximum absolute atomic E-state index is 13.4. The first-order valence-electron chi connectivity index (χ1n) is 10.1. The van der Waals surface area contributed by atoms with Crippen LogP contribution < -0.4 is 16.5 Å². The molecule has 0 radical (unpaired) electrons. The molecule has 1 saturated heterocycles. The number of nitrogen functional groups attached to an aromatic ring is 1. The van der Waals surface area contributed by atoms with Gasteiger partial charge in [-0.15, -0.1) is 0 Å². The third-order valence-corrected chi connectivity index (χ3v) is 5.51. The predicted molar refractivity (Wildman–Crippen MR) is 116 cm³/mol. The van der Waals surface area contributed by atoms with E-state index in [9.17, 15) is 14.0 Å². The highest BCUT2D eigenvalue weighted by molar-refractivity contribution is 5.95. The van der Waals surface area contributed by atoms with Crippen LogP contribution in [0.3, 0.4) is 0 Å². The number of likely N-dealkylation sites (tertiary alicyclic amines) is 1. The molecule has 1 amide bonds. The number of nitrogens with one attached hydrogen (secondary N) is 2. The Labute approximate surface area is 178 Å². The number of nitrogens with two attached hydrogens (primary N) is 1. The summed E-state index contributed by atoms with van der Waals surface area (Å²) in [4.78, 5) is 27.1. The molecule has 7 nitrogen and oxygen atoms in total. The van der Waals surface area contributed by atoms with E-state index in [4.69, 9.17) is 15.6 Å². The van der Waals surface area contributed by atoms with E-state index in [1.807, 2.05) is 24.3 Å². The van der Waals surface area contributed by atoms with E-state index >= 15 is 0 Å². The van der Waals surface area contributed by atoms with Gasteiger partial charge in [-0.3, -0.25) is 19.9 Å². The fourth-order valence-corrected chi connectivity index (χ4v) is 3.78. The van der Waals surface area contributed by atoms with Crippen LogP contribution in [0.2, 0.25) is 0 Å². The molecule has 1 aliphatic rings. The topological polar surface area (TPSA) is 112 Å². The first-order valence-corrected chi connectivity index (χ1v) is 10.1. The summed E-state index contributed by atoms with van der Waals surface area (Å²) in [5.74, 6) is -1.07. The van der Waals surface area contributed by atoms with Gasteiger partial charge in [0.2, 0.25) is 0 Å². The van der Waals surface area contributed by atoms with Gasteiger partial charge in [-0.1, -0.05) is 24.3 Å². The summed E-state index contributed by atoms with van der Waals surface area (Å²) < 4.78 is 18.9. The lowest BCUT2D eigenvalue weighted by molar-refractivity contribution is 0.0881. The van der Waals surface area contributed by atoms with Crippen molar-refractivity contribution in [2.45, 2.75) is 25.4 Å². The summed E-state index contributed by atoms with van der Waals surface area (Å²) >= 11 is 0. The van der Waals surface area contributed by atoms with Crippen LogP contribution in [0, 0.1) is 11.2 Å². The third-order valence-electron chi connectivity index (χ3n) is 5.51. The molecule has 3 aromatic rings. The van der Waals surface area contributed by atoms with Crippen LogP contribution in [0.15, 0.2) is 57.7 Å². The number of carbonyl (C=O) groups is 1. The maximum Gasteiger partial charge on any atom is 0.287 e. The highest BCUT2D eigenvalue weighted by atomic mass is 19.1. The smallest absolute Gasteiger partial charge is 0.287 e. The molecule has 0 bridgehead atoms. The molecule has 31 heavy (non-hydrogen) atoms. The Hall–Kier alpha value is -3.52. The van der Waals surface area contributed by atoms with Crippen molar-refractivity contribution in [2.24, 2.45) is 5.73 Å². The highest BCUT2D eigenvalue weighted by Crippen LogP contribution is 2.17. The Balaban J connectivity index is 1.34. The predicted octanol–water partition coefficient (Wildman–Crippen LogP) is 2.61. The summed E-state index contributed by atoms with van der Waals surface area (Å²) in [5, 5.41) is 10.6. The summed E-state index contributed by atoms with van der Waals surface area (Å²) in [6, 6.07) is 12.4. The van der Waals surface area contributed by atoms with Gasteiger partial charge in [0.25, 0.3) is 5.91 Å². The Morgan fingerprint density at radius 2 is 1.87 bits per heavy atom. The molecule has 2 aromatic carbocycles. The van der Waals surface area contributed by atoms with Gasteiger partial charge in [0, 0.05) is 43.4 Å².